The van der Waals surface area contributed by atoms with E-state index in [1.165, 1.54) is 5.56 Å². The number of methoxy groups -OCH3 is 1. The molecule has 0 saturated heterocycles. The third-order valence-electron chi connectivity index (χ3n) is 2.21. The fraction of sp³-hybridized carbons (Fsp3) is 0.455. The summed E-state index contributed by atoms with van der Waals surface area (Å²) in [5, 5.41) is 0. The zero-order chi connectivity index (χ0) is 9.68. The number of halogens is 1. The highest BCUT2D eigenvalue weighted by molar-refractivity contribution is 6.17. The van der Waals surface area contributed by atoms with Gasteiger partial charge in [0, 0.05) is 5.88 Å². The lowest BCUT2D eigenvalue weighted by molar-refractivity contribution is 0.406. The maximum absolute atomic E-state index is 5.70. The van der Waals surface area contributed by atoms with Crippen LogP contribution < -0.4 is 4.74 Å². The Bertz CT molecular complexity index is 260. The molecular weight excluding hydrogens is 184 g/mol. The molecule has 1 unspecified atom stereocenters. The Balaban J connectivity index is 2.85. The Hall–Kier alpha value is -0.690. The van der Waals surface area contributed by atoms with E-state index in [1.54, 1.807) is 7.11 Å². The summed E-state index contributed by atoms with van der Waals surface area (Å²) < 4.78 is 5.27. The molecule has 0 N–H and O–H groups in total. The van der Waals surface area contributed by atoms with Crippen LogP contribution in [0.25, 0.3) is 0 Å². The molecule has 0 heterocycles. The smallest absolute Gasteiger partial charge is 0.122 e. The van der Waals surface area contributed by atoms with E-state index in [0.717, 1.165) is 12.2 Å². The van der Waals surface area contributed by atoms with Crippen LogP contribution in [0.5, 0.6) is 5.75 Å². The number of benzene rings is 1. The van der Waals surface area contributed by atoms with Gasteiger partial charge in [-0.05, 0) is 24.0 Å². The second kappa shape index (κ2) is 5.13. The van der Waals surface area contributed by atoms with Crippen molar-refractivity contribution < 1.29 is 4.74 Å². The molecule has 1 aromatic rings. The Morgan fingerprint density at radius 1 is 1.38 bits per heavy atom. The minimum Gasteiger partial charge on any atom is -0.496 e. The predicted octanol–water partition coefficient (Wildman–Crippen LogP) is 3.43. The second-order valence-electron chi connectivity index (χ2n) is 3.12. The van der Waals surface area contributed by atoms with Crippen LogP contribution in [-0.4, -0.2) is 13.0 Å². The molecule has 13 heavy (non-hydrogen) atoms. The van der Waals surface area contributed by atoms with Gasteiger partial charge in [-0.25, -0.2) is 0 Å². The number of hydrogen-bond acceptors (Lipinski definition) is 1. The van der Waals surface area contributed by atoms with Crippen molar-refractivity contribution in [1.82, 2.24) is 0 Å². The molecule has 0 aromatic heterocycles. The quantitative estimate of drug-likeness (QED) is 0.674. The zero-order valence-corrected chi connectivity index (χ0v) is 8.84. The maximum Gasteiger partial charge on any atom is 0.122 e. The van der Waals surface area contributed by atoms with Gasteiger partial charge in [-0.15, -0.1) is 11.6 Å². The first-order chi connectivity index (χ1) is 6.29. The number of ether oxygens (including phenoxy) is 1. The summed E-state index contributed by atoms with van der Waals surface area (Å²) in [6, 6.07) is 8.09. The molecule has 1 rings (SSSR count). The molecule has 1 aromatic carbocycles. The minimum absolute atomic E-state index is 0.466. The van der Waals surface area contributed by atoms with E-state index in [2.05, 4.69) is 13.0 Å². The third-order valence-corrected chi connectivity index (χ3v) is 2.43. The average molecular weight is 199 g/mol. The summed E-state index contributed by atoms with van der Waals surface area (Å²) in [5.74, 6) is 2.12. The van der Waals surface area contributed by atoms with Gasteiger partial charge in [0.05, 0.1) is 7.11 Å². The Morgan fingerprint density at radius 3 is 2.69 bits per heavy atom. The number of hydrogen-bond donors (Lipinski definition) is 0. The summed E-state index contributed by atoms with van der Waals surface area (Å²) in [6.07, 6.45) is 0.988. The van der Waals surface area contributed by atoms with Crippen molar-refractivity contribution in [3.63, 3.8) is 0 Å². The molecule has 2 heteroatoms. The normalized spacial score (nSPS) is 12.5. The Labute approximate surface area is 84.7 Å². The van der Waals surface area contributed by atoms with Gasteiger partial charge in [0.1, 0.15) is 5.75 Å². The molecule has 1 nitrogen and oxygen atoms in total. The van der Waals surface area contributed by atoms with E-state index in [-0.39, 0.29) is 0 Å². The predicted molar refractivity (Wildman–Crippen MR) is 56.7 cm³/mol. The van der Waals surface area contributed by atoms with E-state index in [0.29, 0.717) is 11.8 Å². The van der Waals surface area contributed by atoms with Crippen molar-refractivity contribution in [3.8, 4) is 5.75 Å². The van der Waals surface area contributed by atoms with Crippen molar-refractivity contribution in [2.24, 2.45) is 0 Å². The fourth-order valence-electron chi connectivity index (χ4n) is 1.39. The van der Waals surface area contributed by atoms with Crippen molar-refractivity contribution in [2.75, 3.05) is 13.0 Å². The molecule has 0 amide bonds. The summed E-state index contributed by atoms with van der Waals surface area (Å²) in [4.78, 5) is 0. The molecule has 0 fully saturated rings. The van der Waals surface area contributed by atoms with E-state index < -0.39 is 0 Å². The van der Waals surface area contributed by atoms with E-state index in [4.69, 9.17) is 16.3 Å². The zero-order valence-electron chi connectivity index (χ0n) is 8.09. The van der Waals surface area contributed by atoms with Gasteiger partial charge in [0.25, 0.3) is 0 Å². The second-order valence-corrected chi connectivity index (χ2v) is 3.50. The molecule has 0 aliphatic carbocycles. The maximum atomic E-state index is 5.70. The highest BCUT2D eigenvalue weighted by Crippen LogP contribution is 2.28. The summed E-state index contributed by atoms with van der Waals surface area (Å²) in [6.45, 7) is 2.17. The lowest BCUT2D eigenvalue weighted by atomic mass is 9.98. The van der Waals surface area contributed by atoms with Crippen LogP contribution in [0, 0.1) is 0 Å². The molecule has 1 atom stereocenters. The number of rotatable bonds is 4. The minimum atomic E-state index is 0.466. The number of alkyl halides is 1. The SMILES string of the molecule is COc1ccccc1C(C)CCCl. The highest BCUT2D eigenvalue weighted by atomic mass is 35.5. The standard InChI is InChI=1S/C11H15ClO/c1-9(7-8-12)10-5-3-4-6-11(10)13-2/h3-6,9H,7-8H2,1-2H3. The third kappa shape index (κ3) is 2.63. The molecule has 0 aliphatic rings. The first-order valence-corrected chi connectivity index (χ1v) is 5.02. The molecule has 0 aliphatic heterocycles. The monoisotopic (exact) mass is 198 g/mol. The van der Waals surface area contributed by atoms with Gasteiger partial charge in [-0.3, -0.25) is 0 Å². The van der Waals surface area contributed by atoms with Gasteiger partial charge in [-0.2, -0.15) is 0 Å². The molecule has 0 saturated carbocycles. The molecule has 0 spiro atoms. The van der Waals surface area contributed by atoms with Crippen LogP contribution in [0.4, 0.5) is 0 Å². The van der Waals surface area contributed by atoms with E-state index in [9.17, 15) is 0 Å². The largest absolute Gasteiger partial charge is 0.496 e. The summed E-state index contributed by atoms with van der Waals surface area (Å²) >= 11 is 5.70. The molecule has 0 bridgehead atoms. The van der Waals surface area contributed by atoms with Crippen LogP contribution in [0.1, 0.15) is 24.8 Å². The van der Waals surface area contributed by atoms with Gasteiger partial charge in [0.2, 0.25) is 0 Å². The van der Waals surface area contributed by atoms with Crippen LogP contribution in [0.3, 0.4) is 0 Å². The Kier molecular flexibility index (Phi) is 4.10. The van der Waals surface area contributed by atoms with Gasteiger partial charge in [-0.1, -0.05) is 25.1 Å². The van der Waals surface area contributed by atoms with Gasteiger partial charge in [0.15, 0.2) is 0 Å². The first kappa shape index (κ1) is 10.4. The summed E-state index contributed by atoms with van der Waals surface area (Å²) in [5.41, 5.74) is 1.24. The average Bonchev–Trinajstić information content (AvgIpc) is 2.18. The van der Waals surface area contributed by atoms with Gasteiger partial charge < -0.3 is 4.74 Å². The molecular formula is C11H15ClO. The van der Waals surface area contributed by atoms with Crippen LogP contribution in [0.2, 0.25) is 0 Å². The van der Waals surface area contributed by atoms with Crippen molar-refractivity contribution in [1.29, 1.82) is 0 Å². The van der Waals surface area contributed by atoms with Gasteiger partial charge >= 0.3 is 0 Å². The van der Waals surface area contributed by atoms with Crippen molar-refractivity contribution in [3.05, 3.63) is 29.8 Å². The van der Waals surface area contributed by atoms with Crippen molar-refractivity contribution in [2.45, 2.75) is 19.3 Å². The first-order valence-electron chi connectivity index (χ1n) is 4.48. The molecule has 72 valence electrons. The lowest BCUT2D eigenvalue weighted by Crippen LogP contribution is -1.97. The number of para-hydroxylation sites is 1. The van der Waals surface area contributed by atoms with E-state index in [1.807, 2.05) is 18.2 Å². The topological polar surface area (TPSA) is 9.23 Å². The van der Waals surface area contributed by atoms with Crippen LogP contribution >= 0.6 is 11.6 Å². The summed E-state index contributed by atoms with van der Waals surface area (Å²) in [7, 11) is 1.70. The van der Waals surface area contributed by atoms with E-state index >= 15 is 0 Å². The Morgan fingerprint density at radius 2 is 2.08 bits per heavy atom. The molecule has 0 radical (unpaired) electrons. The van der Waals surface area contributed by atoms with Crippen LogP contribution in [0.15, 0.2) is 24.3 Å². The fourth-order valence-corrected chi connectivity index (χ4v) is 1.72. The highest BCUT2D eigenvalue weighted by Gasteiger charge is 2.09. The van der Waals surface area contributed by atoms with Crippen molar-refractivity contribution >= 4 is 11.6 Å². The lowest BCUT2D eigenvalue weighted by Gasteiger charge is -2.13. The van der Waals surface area contributed by atoms with Crippen LogP contribution in [-0.2, 0) is 0 Å².